The van der Waals surface area contributed by atoms with Gasteiger partial charge in [0, 0.05) is 25.7 Å². The summed E-state index contributed by atoms with van der Waals surface area (Å²) in [5, 5.41) is 16.3. The van der Waals surface area contributed by atoms with E-state index in [1.54, 1.807) is 17.3 Å². The predicted octanol–water partition coefficient (Wildman–Crippen LogP) is 2.12. The summed E-state index contributed by atoms with van der Waals surface area (Å²) in [5.74, 6) is 0.972. The van der Waals surface area contributed by atoms with Crippen molar-refractivity contribution in [3.63, 3.8) is 0 Å². The fourth-order valence-electron chi connectivity index (χ4n) is 3.28. The summed E-state index contributed by atoms with van der Waals surface area (Å²) in [6, 6.07) is 13.0. The van der Waals surface area contributed by atoms with E-state index in [-0.39, 0.29) is 0 Å². The third kappa shape index (κ3) is 3.88. The lowest BCUT2D eigenvalue weighted by molar-refractivity contribution is 0.419. The summed E-state index contributed by atoms with van der Waals surface area (Å²) in [4.78, 5) is 6.30. The Kier molecular flexibility index (Phi) is 4.88. The van der Waals surface area contributed by atoms with Gasteiger partial charge in [-0.2, -0.15) is 10.2 Å². The van der Waals surface area contributed by atoms with Crippen molar-refractivity contribution in [1.82, 2.24) is 30.3 Å². The van der Waals surface area contributed by atoms with Gasteiger partial charge in [-0.25, -0.2) is 9.67 Å². The second-order valence-electron chi connectivity index (χ2n) is 6.71. The summed E-state index contributed by atoms with van der Waals surface area (Å²) in [7, 11) is 0. The average Bonchev–Trinajstić information content (AvgIpc) is 3.22. The molecule has 2 aromatic heterocycles. The number of hydrogen-bond acceptors (Lipinski definition) is 6. The average molecular weight is 349 g/mol. The molecule has 1 atom stereocenters. The first-order valence-corrected chi connectivity index (χ1v) is 9.00. The molecule has 4 rings (SSSR count). The highest BCUT2D eigenvalue weighted by Crippen LogP contribution is 2.18. The maximum Gasteiger partial charge on any atom is 0.151 e. The smallest absolute Gasteiger partial charge is 0.151 e. The molecule has 1 aliphatic rings. The van der Waals surface area contributed by atoms with Crippen molar-refractivity contribution in [3.05, 3.63) is 60.3 Å². The Morgan fingerprint density at radius 1 is 1.12 bits per heavy atom. The summed E-state index contributed by atoms with van der Waals surface area (Å²) in [5.41, 5.74) is 3.24. The molecule has 1 saturated heterocycles. The molecular weight excluding hydrogens is 326 g/mol. The van der Waals surface area contributed by atoms with Crippen LogP contribution in [0.25, 0.3) is 5.69 Å². The summed E-state index contributed by atoms with van der Waals surface area (Å²) >= 11 is 0. The van der Waals surface area contributed by atoms with Gasteiger partial charge < -0.3 is 10.2 Å². The van der Waals surface area contributed by atoms with Crippen molar-refractivity contribution < 1.29 is 0 Å². The van der Waals surface area contributed by atoms with Crippen LogP contribution in [0.4, 0.5) is 5.82 Å². The number of aryl methyl sites for hydroxylation is 1. The van der Waals surface area contributed by atoms with Crippen LogP contribution in [0.2, 0.25) is 0 Å². The minimum Gasteiger partial charge on any atom is -0.354 e. The molecule has 1 fully saturated rings. The van der Waals surface area contributed by atoms with Crippen LogP contribution in [0, 0.1) is 6.92 Å². The molecule has 1 aliphatic heterocycles. The molecule has 134 valence electrons. The SMILES string of the molecule is Cc1ccc(N2CCCC(NCc3ccc(-n4cncn4)cc3)C2)nn1. The first-order valence-electron chi connectivity index (χ1n) is 9.00. The van der Waals surface area contributed by atoms with Crippen molar-refractivity contribution in [3.8, 4) is 5.69 Å². The maximum absolute atomic E-state index is 4.32. The summed E-state index contributed by atoms with van der Waals surface area (Å²) in [6.45, 7) is 4.83. The number of rotatable bonds is 5. The van der Waals surface area contributed by atoms with Gasteiger partial charge >= 0.3 is 0 Å². The highest BCUT2D eigenvalue weighted by molar-refractivity contribution is 5.38. The third-order valence-electron chi connectivity index (χ3n) is 4.74. The fraction of sp³-hybridized carbons (Fsp3) is 0.368. The highest BCUT2D eigenvalue weighted by atomic mass is 15.3. The largest absolute Gasteiger partial charge is 0.354 e. The fourth-order valence-corrected chi connectivity index (χ4v) is 3.28. The zero-order chi connectivity index (χ0) is 17.8. The highest BCUT2D eigenvalue weighted by Gasteiger charge is 2.20. The molecule has 3 aromatic rings. The molecule has 0 radical (unpaired) electrons. The zero-order valence-electron chi connectivity index (χ0n) is 14.9. The van der Waals surface area contributed by atoms with Gasteiger partial charge in [0.2, 0.25) is 0 Å². The van der Waals surface area contributed by atoms with Gasteiger partial charge in [0.15, 0.2) is 5.82 Å². The second kappa shape index (κ2) is 7.61. The van der Waals surface area contributed by atoms with Crippen molar-refractivity contribution in [2.45, 2.75) is 32.4 Å². The quantitative estimate of drug-likeness (QED) is 0.761. The molecule has 0 amide bonds. The van der Waals surface area contributed by atoms with E-state index in [9.17, 15) is 0 Å². The van der Waals surface area contributed by atoms with E-state index in [2.05, 4.69) is 60.8 Å². The molecule has 0 saturated carbocycles. The first-order chi connectivity index (χ1) is 12.8. The minimum absolute atomic E-state index is 0.460. The third-order valence-corrected chi connectivity index (χ3v) is 4.74. The van der Waals surface area contributed by atoms with Gasteiger partial charge in [0.25, 0.3) is 0 Å². The Labute approximate surface area is 153 Å². The Morgan fingerprint density at radius 3 is 2.73 bits per heavy atom. The van der Waals surface area contributed by atoms with Gasteiger partial charge in [-0.15, -0.1) is 5.10 Å². The molecule has 0 bridgehead atoms. The molecule has 0 spiro atoms. The van der Waals surface area contributed by atoms with E-state index >= 15 is 0 Å². The van der Waals surface area contributed by atoms with Crippen LogP contribution in [-0.2, 0) is 6.54 Å². The van der Waals surface area contributed by atoms with Gasteiger partial charge in [-0.1, -0.05) is 12.1 Å². The van der Waals surface area contributed by atoms with Crippen LogP contribution in [0.5, 0.6) is 0 Å². The minimum atomic E-state index is 0.460. The van der Waals surface area contributed by atoms with E-state index < -0.39 is 0 Å². The van der Waals surface area contributed by atoms with E-state index in [0.717, 1.165) is 36.8 Å². The van der Waals surface area contributed by atoms with E-state index in [1.165, 1.54) is 18.4 Å². The topological polar surface area (TPSA) is 71.8 Å². The summed E-state index contributed by atoms with van der Waals surface area (Å²) in [6.07, 6.45) is 5.60. The molecule has 3 heterocycles. The number of piperidine rings is 1. The van der Waals surface area contributed by atoms with Gasteiger partial charge in [-0.05, 0) is 49.6 Å². The van der Waals surface area contributed by atoms with Crippen molar-refractivity contribution in [2.24, 2.45) is 0 Å². The predicted molar refractivity (Wildman–Crippen MR) is 100 cm³/mol. The lowest BCUT2D eigenvalue weighted by Crippen LogP contribution is -2.45. The van der Waals surface area contributed by atoms with Crippen LogP contribution in [0.3, 0.4) is 0 Å². The van der Waals surface area contributed by atoms with Crippen LogP contribution in [0.15, 0.2) is 49.1 Å². The first kappa shape index (κ1) is 16.7. The lowest BCUT2D eigenvalue weighted by atomic mass is 10.1. The zero-order valence-corrected chi connectivity index (χ0v) is 14.9. The van der Waals surface area contributed by atoms with Gasteiger partial charge in [0.1, 0.15) is 12.7 Å². The standard InChI is InChI=1S/C19H23N7/c1-15-4-9-19(24-23-15)25-10-2-3-17(12-25)21-11-16-5-7-18(8-6-16)26-14-20-13-22-26/h4-9,13-14,17,21H,2-3,10-12H2,1H3. The van der Waals surface area contributed by atoms with Crippen LogP contribution in [0.1, 0.15) is 24.1 Å². The van der Waals surface area contributed by atoms with Crippen molar-refractivity contribution in [2.75, 3.05) is 18.0 Å². The Morgan fingerprint density at radius 2 is 2.00 bits per heavy atom. The van der Waals surface area contributed by atoms with Crippen molar-refractivity contribution >= 4 is 5.82 Å². The molecule has 1 unspecified atom stereocenters. The number of aromatic nitrogens is 5. The number of nitrogens with zero attached hydrogens (tertiary/aromatic N) is 6. The normalized spacial score (nSPS) is 17.4. The molecule has 1 aromatic carbocycles. The number of hydrogen-bond donors (Lipinski definition) is 1. The molecule has 1 N–H and O–H groups in total. The lowest BCUT2D eigenvalue weighted by Gasteiger charge is -2.33. The second-order valence-corrected chi connectivity index (χ2v) is 6.71. The molecule has 7 nitrogen and oxygen atoms in total. The number of anilines is 1. The van der Waals surface area contributed by atoms with Crippen LogP contribution >= 0.6 is 0 Å². The monoisotopic (exact) mass is 349 g/mol. The Bertz CT molecular complexity index is 812. The van der Waals surface area contributed by atoms with Crippen LogP contribution < -0.4 is 10.2 Å². The van der Waals surface area contributed by atoms with Crippen molar-refractivity contribution in [1.29, 1.82) is 0 Å². The number of nitrogens with one attached hydrogen (secondary N) is 1. The maximum atomic E-state index is 4.32. The molecular formula is C19H23N7. The Balaban J connectivity index is 1.33. The van der Waals surface area contributed by atoms with Gasteiger partial charge in [-0.3, -0.25) is 0 Å². The number of benzene rings is 1. The van der Waals surface area contributed by atoms with Crippen LogP contribution in [-0.4, -0.2) is 44.1 Å². The molecule has 7 heteroatoms. The molecule has 0 aliphatic carbocycles. The van der Waals surface area contributed by atoms with E-state index in [1.807, 2.05) is 13.0 Å². The Hall–Kier alpha value is -2.80. The molecule has 26 heavy (non-hydrogen) atoms. The van der Waals surface area contributed by atoms with E-state index in [0.29, 0.717) is 6.04 Å². The van der Waals surface area contributed by atoms with E-state index in [4.69, 9.17) is 0 Å². The summed E-state index contributed by atoms with van der Waals surface area (Å²) < 4.78 is 1.76. The van der Waals surface area contributed by atoms with Gasteiger partial charge in [0.05, 0.1) is 11.4 Å².